The summed E-state index contributed by atoms with van der Waals surface area (Å²) in [5.41, 5.74) is 7.56. The fourth-order valence-electron chi connectivity index (χ4n) is 2.80. The summed E-state index contributed by atoms with van der Waals surface area (Å²) in [5.74, 6) is 1.31. The Labute approximate surface area is 133 Å². The molecule has 5 nitrogen and oxygen atoms in total. The lowest BCUT2D eigenvalue weighted by Gasteiger charge is -2.26. The number of aryl methyl sites for hydroxylation is 1. The third-order valence-electron chi connectivity index (χ3n) is 4.13. The summed E-state index contributed by atoms with van der Waals surface area (Å²) in [5, 5.41) is 7.05. The van der Waals surface area contributed by atoms with Crippen molar-refractivity contribution in [3.05, 3.63) is 28.3 Å². The lowest BCUT2D eigenvalue weighted by molar-refractivity contribution is -0.121. The van der Waals surface area contributed by atoms with Gasteiger partial charge in [-0.3, -0.25) is 4.79 Å². The average molecular weight is 319 g/mol. The first kappa shape index (κ1) is 15.2. The van der Waals surface area contributed by atoms with Crippen molar-refractivity contribution in [1.82, 2.24) is 10.3 Å². The van der Waals surface area contributed by atoms with Crippen molar-refractivity contribution in [3.8, 4) is 11.5 Å². The molecular weight excluding hydrogens is 298 g/mol. The molecule has 0 saturated heterocycles. The monoisotopic (exact) mass is 319 g/mol. The Balaban J connectivity index is 1.60. The van der Waals surface area contributed by atoms with E-state index in [0.717, 1.165) is 31.2 Å². The van der Waals surface area contributed by atoms with Gasteiger partial charge >= 0.3 is 0 Å². The van der Waals surface area contributed by atoms with E-state index in [4.69, 9.17) is 10.2 Å². The van der Waals surface area contributed by atoms with E-state index < -0.39 is 0 Å². The van der Waals surface area contributed by atoms with Gasteiger partial charge < -0.3 is 15.5 Å². The predicted octanol–water partition coefficient (Wildman–Crippen LogP) is 2.64. The van der Waals surface area contributed by atoms with Crippen molar-refractivity contribution < 1.29 is 9.21 Å². The van der Waals surface area contributed by atoms with Crippen LogP contribution in [0.2, 0.25) is 0 Å². The first-order chi connectivity index (χ1) is 10.6. The van der Waals surface area contributed by atoms with Crippen molar-refractivity contribution in [2.24, 2.45) is 5.73 Å². The van der Waals surface area contributed by atoms with Crippen molar-refractivity contribution in [3.63, 3.8) is 0 Å². The number of carbonyl (C=O) groups excluding carboxylic acids is 1. The lowest BCUT2D eigenvalue weighted by Crippen LogP contribution is -2.41. The molecule has 1 aliphatic carbocycles. The highest BCUT2D eigenvalue weighted by atomic mass is 32.1. The summed E-state index contributed by atoms with van der Waals surface area (Å²) in [6.07, 6.45) is 4.16. The molecule has 0 spiro atoms. The standard InChI is InChI=1S/C16H21N3O2S/c1-10-14(19-16(21-10)11-6-7-22-9-11)8-15(20)18-13-4-2-12(17)3-5-13/h6-7,9,12-13H,2-5,8,17H2,1H3,(H,18,20). The molecule has 0 radical (unpaired) electrons. The van der Waals surface area contributed by atoms with Gasteiger partial charge in [0.2, 0.25) is 11.8 Å². The molecule has 2 aromatic heterocycles. The minimum Gasteiger partial charge on any atom is -0.441 e. The number of nitrogens with zero attached hydrogens (tertiary/aromatic N) is 1. The van der Waals surface area contributed by atoms with Gasteiger partial charge in [-0.05, 0) is 44.1 Å². The molecule has 0 unspecified atom stereocenters. The fraction of sp³-hybridized carbons (Fsp3) is 0.500. The summed E-state index contributed by atoms with van der Waals surface area (Å²) in [6, 6.07) is 2.50. The van der Waals surface area contributed by atoms with Crippen molar-refractivity contribution >= 4 is 17.2 Å². The van der Waals surface area contributed by atoms with Gasteiger partial charge in [0.25, 0.3) is 0 Å². The number of thiophene rings is 1. The highest BCUT2D eigenvalue weighted by molar-refractivity contribution is 7.08. The number of oxazole rings is 1. The van der Waals surface area contributed by atoms with Gasteiger partial charge in [0.05, 0.1) is 12.1 Å². The van der Waals surface area contributed by atoms with Gasteiger partial charge in [0, 0.05) is 23.0 Å². The van der Waals surface area contributed by atoms with E-state index >= 15 is 0 Å². The SMILES string of the molecule is Cc1oc(-c2ccsc2)nc1CC(=O)NC1CCC(N)CC1. The average Bonchev–Trinajstić information content (AvgIpc) is 3.12. The molecule has 0 bridgehead atoms. The minimum atomic E-state index is 0.00809. The molecule has 3 N–H and O–H groups in total. The minimum absolute atomic E-state index is 0.00809. The topological polar surface area (TPSA) is 81.2 Å². The van der Waals surface area contributed by atoms with Gasteiger partial charge in [-0.2, -0.15) is 11.3 Å². The number of hydrogen-bond acceptors (Lipinski definition) is 5. The normalized spacial score (nSPS) is 21.7. The number of nitrogens with two attached hydrogens (primary N) is 1. The number of amides is 1. The highest BCUT2D eigenvalue weighted by Gasteiger charge is 2.21. The van der Waals surface area contributed by atoms with Crippen LogP contribution in [0.5, 0.6) is 0 Å². The van der Waals surface area contributed by atoms with E-state index in [1.54, 1.807) is 11.3 Å². The molecule has 6 heteroatoms. The van der Waals surface area contributed by atoms with Gasteiger partial charge in [0.1, 0.15) is 5.76 Å². The van der Waals surface area contributed by atoms with E-state index in [1.807, 2.05) is 23.8 Å². The van der Waals surface area contributed by atoms with E-state index in [1.165, 1.54) is 0 Å². The van der Waals surface area contributed by atoms with Crippen LogP contribution in [-0.4, -0.2) is 23.0 Å². The van der Waals surface area contributed by atoms with Crippen molar-refractivity contribution in [2.75, 3.05) is 0 Å². The van der Waals surface area contributed by atoms with Crippen LogP contribution in [0.15, 0.2) is 21.2 Å². The van der Waals surface area contributed by atoms with Gasteiger partial charge in [-0.1, -0.05) is 0 Å². The zero-order valence-electron chi connectivity index (χ0n) is 12.7. The molecule has 2 aromatic rings. The first-order valence-electron chi connectivity index (χ1n) is 7.65. The maximum Gasteiger partial charge on any atom is 0.227 e. The second-order valence-electron chi connectivity index (χ2n) is 5.89. The Morgan fingerprint density at radius 1 is 1.45 bits per heavy atom. The van der Waals surface area contributed by atoms with E-state index in [-0.39, 0.29) is 18.4 Å². The van der Waals surface area contributed by atoms with Crippen LogP contribution in [0.3, 0.4) is 0 Å². The third-order valence-corrected chi connectivity index (χ3v) is 4.81. The quantitative estimate of drug-likeness (QED) is 0.908. The maximum atomic E-state index is 12.2. The molecule has 1 fully saturated rings. The zero-order valence-corrected chi connectivity index (χ0v) is 13.5. The van der Waals surface area contributed by atoms with E-state index in [0.29, 0.717) is 23.4 Å². The van der Waals surface area contributed by atoms with Crippen molar-refractivity contribution in [1.29, 1.82) is 0 Å². The molecule has 0 aliphatic heterocycles. The number of rotatable bonds is 4. The number of nitrogens with one attached hydrogen (secondary N) is 1. The van der Waals surface area contributed by atoms with Crippen LogP contribution >= 0.6 is 11.3 Å². The Kier molecular flexibility index (Phi) is 4.59. The van der Waals surface area contributed by atoms with Crippen molar-refractivity contribution in [2.45, 2.75) is 51.1 Å². The maximum absolute atomic E-state index is 12.2. The van der Waals surface area contributed by atoms with Crippen LogP contribution in [-0.2, 0) is 11.2 Å². The summed E-state index contributed by atoms with van der Waals surface area (Å²) in [6.45, 7) is 1.85. The number of aromatic nitrogens is 1. The Hall–Kier alpha value is -1.66. The van der Waals surface area contributed by atoms with Crippen LogP contribution in [0.25, 0.3) is 11.5 Å². The molecule has 3 rings (SSSR count). The Morgan fingerprint density at radius 2 is 2.23 bits per heavy atom. The molecule has 118 valence electrons. The molecule has 2 heterocycles. The second-order valence-corrected chi connectivity index (χ2v) is 6.67. The van der Waals surface area contributed by atoms with E-state index in [9.17, 15) is 4.79 Å². The molecule has 22 heavy (non-hydrogen) atoms. The molecule has 1 saturated carbocycles. The zero-order chi connectivity index (χ0) is 15.5. The van der Waals surface area contributed by atoms with Gasteiger partial charge in [0.15, 0.2) is 0 Å². The Morgan fingerprint density at radius 3 is 2.91 bits per heavy atom. The summed E-state index contributed by atoms with van der Waals surface area (Å²) < 4.78 is 5.66. The summed E-state index contributed by atoms with van der Waals surface area (Å²) >= 11 is 1.60. The number of carbonyl (C=O) groups is 1. The number of hydrogen-bond donors (Lipinski definition) is 2. The smallest absolute Gasteiger partial charge is 0.227 e. The molecule has 1 amide bonds. The van der Waals surface area contributed by atoms with Gasteiger partial charge in [-0.15, -0.1) is 0 Å². The molecular formula is C16H21N3O2S. The predicted molar refractivity (Wildman–Crippen MR) is 86.6 cm³/mol. The van der Waals surface area contributed by atoms with Crippen LogP contribution in [0, 0.1) is 6.92 Å². The second kappa shape index (κ2) is 6.62. The molecule has 0 aromatic carbocycles. The summed E-state index contributed by atoms with van der Waals surface area (Å²) in [4.78, 5) is 16.6. The molecule has 0 atom stereocenters. The largest absolute Gasteiger partial charge is 0.441 e. The first-order valence-corrected chi connectivity index (χ1v) is 8.60. The summed E-state index contributed by atoms with van der Waals surface area (Å²) in [7, 11) is 0. The van der Waals surface area contributed by atoms with Crippen LogP contribution in [0.1, 0.15) is 37.1 Å². The highest BCUT2D eigenvalue weighted by Crippen LogP contribution is 2.24. The third kappa shape index (κ3) is 3.56. The van der Waals surface area contributed by atoms with Crippen LogP contribution < -0.4 is 11.1 Å². The Bertz CT molecular complexity index is 628. The van der Waals surface area contributed by atoms with Gasteiger partial charge in [-0.25, -0.2) is 4.98 Å². The molecule has 1 aliphatic rings. The fourth-order valence-corrected chi connectivity index (χ4v) is 3.43. The van der Waals surface area contributed by atoms with Crippen LogP contribution in [0.4, 0.5) is 0 Å². The lowest BCUT2D eigenvalue weighted by atomic mass is 9.92. The van der Waals surface area contributed by atoms with E-state index in [2.05, 4.69) is 10.3 Å².